The number of ether oxygens (including phenoxy) is 1. The van der Waals surface area contributed by atoms with Crippen molar-refractivity contribution in [2.75, 3.05) is 88.3 Å². The van der Waals surface area contributed by atoms with Gasteiger partial charge in [-0.15, -0.1) is 0 Å². The topological polar surface area (TPSA) is 148 Å². The molecule has 14 nitrogen and oxygen atoms in total. The van der Waals surface area contributed by atoms with Crippen LogP contribution in [0.15, 0.2) is 47.3 Å². The summed E-state index contributed by atoms with van der Waals surface area (Å²) in [6, 6.07) is 9.35. The van der Waals surface area contributed by atoms with Crippen molar-refractivity contribution in [1.29, 1.82) is 0 Å². The number of piperazine rings is 1. The van der Waals surface area contributed by atoms with Crippen LogP contribution in [0.4, 0.5) is 28.8 Å². The van der Waals surface area contributed by atoms with Crippen LogP contribution in [0.5, 0.6) is 11.5 Å². The van der Waals surface area contributed by atoms with E-state index in [1.807, 2.05) is 50.1 Å². The van der Waals surface area contributed by atoms with Crippen molar-refractivity contribution in [1.82, 2.24) is 34.9 Å². The van der Waals surface area contributed by atoms with Crippen molar-refractivity contribution in [3.8, 4) is 22.6 Å². The first-order chi connectivity index (χ1) is 25.2. The second-order valence-electron chi connectivity index (χ2n) is 15.1. The Morgan fingerprint density at radius 2 is 1.64 bits per heavy atom. The molecular formula is C37H52BrN10O4P. The van der Waals surface area contributed by atoms with Gasteiger partial charge in [0.25, 0.3) is 0 Å². The summed E-state index contributed by atoms with van der Waals surface area (Å²) in [7, 11) is -0.751. The summed E-state index contributed by atoms with van der Waals surface area (Å²) in [6.07, 6.45) is 8.07. The van der Waals surface area contributed by atoms with Crippen LogP contribution in [0.25, 0.3) is 11.1 Å². The predicted molar refractivity (Wildman–Crippen MR) is 216 cm³/mol. The number of anilines is 5. The molecule has 3 aliphatic heterocycles. The fraction of sp³-hybridized carbons (Fsp3) is 0.486. The van der Waals surface area contributed by atoms with Crippen molar-refractivity contribution in [2.24, 2.45) is 7.05 Å². The van der Waals surface area contributed by atoms with Gasteiger partial charge in [0.15, 0.2) is 0 Å². The Balaban J connectivity index is 1.12. The van der Waals surface area contributed by atoms with Gasteiger partial charge in [-0.1, -0.05) is 0 Å². The molecule has 3 aliphatic rings. The third kappa shape index (κ3) is 8.72. The van der Waals surface area contributed by atoms with Gasteiger partial charge in [-0.2, -0.15) is 5.10 Å². The number of piperidine rings is 1. The molecule has 5 heterocycles. The summed E-state index contributed by atoms with van der Waals surface area (Å²) in [4.78, 5) is 38.4. The van der Waals surface area contributed by atoms with E-state index in [0.29, 0.717) is 45.2 Å². The number of nitrogens with zero attached hydrogens (tertiary/aromatic N) is 7. The van der Waals surface area contributed by atoms with Gasteiger partial charge in [-0.3, -0.25) is 14.5 Å². The Labute approximate surface area is 320 Å². The van der Waals surface area contributed by atoms with Gasteiger partial charge in [-0.05, 0) is 12.8 Å². The molecule has 286 valence electrons. The van der Waals surface area contributed by atoms with Crippen molar-refractivity contribution >= 4 is 52.0 Å². The molecule has 3 fully saturated rings. The van der Waals surface area contributed by atoms with E-state index in [9.17, 15) is 9.79 Å². The third-order valence-electron chi connectivity index (χ3n) is 10.6. The Morgan fingerprint density at radius 3 is 2.26 bits per heavy atom. The van der Waals surface area contributed by atoms with Gasteiger partial charge in [0.2, 0.25) is 0 Å². The van der Waals surface area contributed by atoms with Crippen molar-refractivity contribution in [2.45, 2.75) is 38.8 Å². The van der Waals surface area contributed by atoms with Crippen molar-refractivity contribution < 1.29 is 19.0 Å². The number of nitrogens with one attached hydrogen (secondary N) is 3. The Morgan fingerprint density at radius 1 is 0.925 bits per heavy atom. The van der Waals surface area contributed by atoms with Gasteiger partial charge in [0.05, 0.1) is 6.20 Å². The first kappa shape index (κ1) is 37.7. The maximum absolute atomic E-state index is 10.6. The molecule has 0 saturated carbocycles. The van der Waals surface area contributed by atoms with Gasteiger partial charge in [0, 0.05) is 77.7 Å². The molecule has 53 heavy (non-hydrogen) atoms. The standard InChI is InChI=1S/C37H52BrN10O4P/c1-24-7-8-31(35(25(24)2)52-53(5,6,49)50)42-36-30(38)22-40-37(44-36)43-32-17-29(26-19-41-45(3)23-26)33(18-34(32)51-4)48-15-13-47(14-16-48)27-9-11-46(12-10-27)28-20-39-21-28/h7-8,17-19,22-23,27-28,39,49-50H,9-16,20-21H2,1-6H3,(H2,40,42,43,44). The van der Waals surface area contributed by atoms with Crippen LogP contribution in [0.3, 0.4) is 0 Å². The number of methoxy groups -OCH3 is 1. The molecule has 0 unspecified atom stereocenters. The molecule has 2 aromatic heterocycles. The van der Waals surface area contributed by atoms with Crippen LogP contribution in [0, 0.1) is 13.8 Å². The molecule has 0 atom stereocenters. The quantitative estimate of drug-likeness (QED) is 0.126. The predicted octanol–water partition coefficient (Wildman–Crippen LogP) is 5.23. The normalized spacial score (nSPS) is 18.7. The minimum absolute atomic E-state index is 0.341. The minimum atomic E-state index is -4.35. The molecule has 5 N–H and O–H groups in total. The number of halogens is 1. The monoisotopic (exact) mass is 810 g/mol. The number of aryl methyl sites for hydroxylation is 2. The fourth-order valence-corrected chi connectivity index (χ4v) is 8.45. The Kier molecular flexibility index (Phi) is 10.6. The van der Waals surface area contributed by atoms with Crippen LogP contribution in [0.2, 0.25) is 0 Å². The number of likely N-dealkylation sites (tertiary alicyclic amines) is 1. The average molecular weight is 812 g/mol. The van der Waals surface area contributed by atoms with Crippen LogP contribution in [-0.2, 0) is 7.05 Å². The van der Waals surface area contributed by atoms with E-state index in [2.05, 4.69) is 68.8 Å². The molecule has 7 rings (SSSR count). The van der Waals surface area contributed by atoms with Gasteiger partial charge in [0.1, 0.15) is 0 Å². The molecule has 4 aromatic rings. The van der Waals surface area contributed by atoms with E-state index < -0.39 is 7.28 Å². The van der Waals surface area contributed by atoms with Gasteiger partial charge < -0.3 is 10.2 Å². The molecule has 0 aliphatic carbocycles. The van der Waals surface area contributed by atoms with Crippen LogP contribution >= 0.6 is 23.2 Å². The van der Waals surface area contributed by atoms with Crippen LogP contribution < -0.4 is 30.1 Å². The molecule has 3 saturated heterocycles. The van der Waals surface area contributed by atoms with Crippen LogP contribution in [0.1, 0.15) is 24.0 Å². The molecule has 0 spiro atoms. The Hall–Kier alpha value is -3.56. The number of aromatic nitrogens is 4. The second kappa shape index (κ2) is 14.9. The van der Waals surface area contributed by atoms with E-state index >= 15 is 0 Å². The summed E-state index contributed by atoms with van der Waals surface area (Å²) in [5, 5.41) is 14.6. The number of hydrogen-bond acceptors (Lipinski definition) is 13. The van der Waals surface area contributed by atoms with Gasteiger partial charge >= 0.3 is 195 Å². The molecule has 2 aromatic carbocycles. The van der Waals surface area contributed by atoms with E-state index in [1.54, 1.807) is 13.3 Å². The molecular weight excluding hydrogens is 759 g/mol. The Bertz CT molecular complexity index is 1940. The average Bonchev–Trinajstić information content (AvgIpc) is 3.54. The third-order valence-corrected chi connectivity index (χ3v) is 11.8. The van der Waals surface area contributed by atoms with Crippen LogP contribution in [-0.4, -0.2) is 124 Å². The summed E-state index contributed by atoms with van der Waals surface area (Å²) < 4.78 is 14.3. The summed E-state index contributed by atoms with van der Waals surface area (Å²) in [6.45, 7) is 15.0. The first-order valence-electron chi connectivity index (χ1n) is 18.2. The second-order valence-corrected chi connectivity index (χ2v) is 19.8. The van der Waals surface area contributed by atoms with Crippen molar-refractivity contribution in [3.63, 3.8) is 0 Å². The zero-order valence-corrected chi connectivity index (χ0v) is 33.9. The van der Waals surface area contributed by atoms with Crippen molar-refractivity contribution in [3.05, 3.63) is 58.5 Å². The number of rotatable bonds is 11. The molecule has 0 bridgehead atoms. The molecule has 16 heteroatoms. The van der Waals surface area contributed by atoms with E-state index in [-0.39, 0.29) is 0 Å². The zero-order chi connectivity index (χ0) is 37.5. The number of benzene rings is 2. The van der Waals surface area contributed by atoms with E-state index in [4.69, 9.17) is 14.2 Å². The first-order valence-corrected chi connectivity index (χ1v) is 22.0. The molecule has 0 radical (unpaired) electrons. The zero-order valence-electron chi connectivity index (χ0n) is 31.4. The maximum atomic E-state index is 10.6. The summed E-state index contributed by atoms with van der Waals surface area (Å²) >= 11 is 3.58. The SMILES string of the molecule is COc1cc(N2CCN(C3CCN(C4CNC4)CC3)CC2)c(-c2cnn(C)c2)cc1Nc1ncc(Br)c(Nc2ccc(C)c(C)c2OP(C)(C)(O)O)n1. The van der Waals surface area contributed by atoms with E-state index in [1.165, 1.54) is 39.3 Å². The van der Waals surface area contributed by atoms with E-state index in [0.717, 1.165) is 73.3 Å². The molecule has 0 amide bonds. The summed E-state index contributed by atoms with van der Waals surface area (Å²) in [5.74, 6) is 1.82. The summed E-state index contributed by atoms with van der Waals surface area (Å²) in [5.41, 5.74) is 6.14. The number of hydrogen-bond donors (Lipinski definition) is 5. The van der Waals surface area contributed by atoms with Gasteiger partial charge in [-0.25, -0.2) is 0 Å². The fourth-order valence-electron chi connectivity index (χ4n) is 7.40.